The maximum atomic E-state index is 13.3. The van der Waals surface area contributed by atoms with E-state index in [1.807, 2.05) is 0 Å². The predicted octanol–water partition coefficient (Wildman–Crippen LogP) is 1.90. The van der Waals surface area contributed by atoms with Crippen LogP contribution in [0.1, 0.15) is 5.56 Å². The fourth-order valence-corrected chi connectivity index (χ4v) is 2.33. The fraction of sp³-hybridized carbons (Fsp3) is 0.455. The van der Waals surface area contributed by atoms with Crippen molar-refractivity contribution in [3.8, 4) is 0 Å². The third-order valence-corrected chi connectivity index (χ3v) is 3.48. The Morgan fingerprint density at radius 1 is 1.32 bits per heavy atom. The minimum absolute atomic E-state index is 0.0684. The smallest absolute Gasteiger partial charge is 0.258 e. The van der Waals surface area contributed by atoms with Crippen molar-refractivity contribution in [3.05, 3.63) is 39.9 Å². The molecule has 0 radical (unpaired) electrons. The zero-order valence-electron chi connectivity index (χ0n) is 9.72. The molecule has 102 valence electrons. The van der Waals surface area contributed by atoms with Crippen molar-refractivity contribution in [3.63, 3.8) is 0 Å². The van der Waals surface area contributed by atoms with Crippen LogP contribution in [0.15, 0.2) is 24.3 Å². The van der Waals surface area contributed by atoms with Gasteiger partial charge in [0.15, 0.2) is 5.54 Å². The van der Waals surface area contributed by atoms with Gasteiger partial charge >= 0.3 is 6.18 Å². The molecule has 0 saturated carbocycles. The quantitative estimate of drug-likeness (QED) is 0.479. The maximum Gasteiger partial charge on any atom is 0.413 e. The number of nitrogens with zero attached hydrogens (tertiary/aromatic N) is 3. The highest BCUT2D eigenvalue weighted by Gasteiger charge is 2.73. The van der Waals surface area contributed by atoms with E-state index in [2.05, 4.69) is 0 Å². The van der Waals surface area contributed by atoms with Gasteiger partial charge in [-0.25, -0.2) is 10.0 Å². The van der Waals surface area contributed by atoms with Crippen molar-refractivity contribution in [2.75, 3.05) is 19.6 Å². The lowest BCUT2D eigenvalue weighted by Crippen LogP contribution is -2.36. The van der Waals surface area contributed by atoms with Crippen LogP contribution in [0.5, 0.6) is 0 Å². The summed E-state index contributed by atoms with van der Waals surface area (Å²) < 4.78 is 39.9. The Balaban J connectivity index is 2.02. The molecule has 2 aliphatic rings. The number of hydrogen-bond acceptors (Lipinski definition) is 4. The van der Waals surface area contributed by atoms with E-state index < -0.39 is 16.6 Å². The van der Waals surface area contributed by atoms with E-state index >= 15 is 0 Å². The molecule has 0 amide bonds. The van der Waals surface area contributed by atoms with Gasteiger partial charge in [-0.1, -0.05) is 12.1 Å². The molecule has 1 aromatic carbocycles. The van der Waals surface area contributed by atoms with Crippen LogP contribution in [-0.2, 0) is 5.54 Å². The second-order valence-corrected chi connectivity index (χ2v) is 4.68. The van der Waals surface area contributed by atoms with Crippen LogP contribution in [-0.4, -0.2) is 40.8 Å². The summed E-state index contributed by atoms with van der Waals surface area (Å²) in [5.74, 6) is 0. The van der Waals surface area contributed by atoms with Gasteiger partial charge in [-0.2, -0.15) is 13.2 Å². The van der Waals surface area contributed by atoms with Crippen LogP contribution in [0.25, 0.3) is 0 Å². The van der Waals surface area contributed by atoms with Gasteiger partial charge in [-0.15, -0.1) is 0 Å². The lowest BCUT2D eigenvalue weighted by molar-refractivity contribution is -0.385. The first-order valence-corrected chi connectivity index (χ1v) is 5.70. The minimum atomic E-state index is -4.45. The van der Waals surface area contributed by atoms with Crippen LogP contribution >= 0.6 is 0 Å². The molecule has 0 aliphatic carbocycles. The van der Waals surface area contributed by atoms with Crippen molar-refractivity contribution >= 4 is 5.69 Å². The number of benzene rings is 1. The van der Waals surface area contributed by atoms with Crippen LogP contribution in [0.2, 0.25) is 0 Å². The van der Waals surface area contributed by atoms with Crippen LogP contribution < -0.4 is 0 Å². The first-order valence-electron chi connectivity index (χ1n) is 5.70. The zero-order valence-corrected chi connectivity index (χ0v) is 9.72. The van der Waals surface area contributed by atoms with Gasteiger partial charge in [0.2, 0.25) is 0 Å². The van der Waals surface area contributed by atoms with Crippen molar-refractivity contribution in [1.29, 1.82) is 0 Å². The minimum Gasteiger partial charge on any atom is -0.258 e. The highest BCUT2D eigenvalue weighted by atomic mass is 19.4. The first kappa shape index (κ1) is 12.4. The summed E-state index contributed by atoms with van der Waals surface area (Å²) in [7, 11) is 0. The van der Waals surface area contributed by atoms with Crippen LogP contribution in [0, 0.1) is 10.1 Å². The number of nitro groups is 1. The Labute approximate surface area is 106 Å². The molecule has 3 rings (SSSR count). The SMILES string of the molecule is O=[N+]([O-])c1cccc(C2(C(F)(F)F)CN2N2CC2)c1. The van der Waals surface area contributed by atoms with Crippen molar-refractivity contribution in [1.82, 2.24) is 10.0 Å². The number of nitro benzene ring substituents is 1. The van der Waals surface area contributed by atoms with E-state index in [4.69, 9.17) is 0 Å². The monoisotopic (exact) mass is 273 g/mol. The molecule has 8 heteroatoms. The fourth-order valence-electron chi connectivity index (χ4n) is 2.33. The Morgan fingerprint density at radius 2 is 2.00 bits per heavy atom. The Bertz CT molecular complexity index is 544. The summed E-state index contributed by atoms with van der Waals surface area (Å²) in [5, 5.41) is 13.5. The molecule has 19 heavy (non-hydrogen) atoms. The van der Waals surface area contributed by atoms with E-state index in [9.17, 15) is 23.3 Å². The summed E-state index contributed by atoms with van der Waals surface area (Å²) in [4.78, 5) is 10.00. The van der Waals surface area contributed by atoms with Gasteiger partial charge in [0, 0.05) is 31.8 Å². The van der Waals surface area contributed by atoms with Gasteiger partial charge in [0.25, 0.3) is 5.69 Å². The molecule has 2 fully saturated rings. The lowest BCUT2D eigenvalue weighted by Gasteiger charge is -2.21. The van der Waals surface area contributed by atoms with E-state index in [-0.39, 0.29) is 17.8 Å². The Kier molecular flexibility index (Phi) is 2.39. The molecule has 0 aromatic heterocycles. The number of hydrazine groups is 1. The number of alkyl halides is 3. The molecular formula is C11H10F3N3O2. The molecule has 2 heterocycles. The number of hydrogen-bond donors (Lipinski definition) is 0. The molecule has 0 bridgehead atoms. The summed E-state index contributed by atoms with van der Waals surface area (Å²) in [6.07, 6.45) is -4.45. The van der Waals surface area contributed by atoms with E-state index in [0.717, 1.165) is 6.07 Å². The van der Waals surface area contributed by atoms with Crippen molar-refractivity contribution in [2.45, 2.75) is 11.7 Å². The summed E-state index contributed by atoms with van der Waals surface area (Å²) in [6, 6.07) is 4.79. The number of rotatable bonds is 3. The van der Waals surface area contributed by atoms with Gasteiger partial charge in [-0.05, 0) is 5.56 Å². The highest BCUT2D eigenvalue weighted by molar-refractivity contribution is 5.42. The molecule has 0 N–H and O–H groups in total. The van der Waals surface area contributed by atoms with Crippen LogP contribution in [0.3, 0.4) is 0 Å². The third-order valence-electron chi connectivity index (χ3n) is 3.48. The molecule has 0 spiro atoms. The number of non-ortho nitro benzene ring substituents is 1. The molecule has 2 atom stereocenters. The van der Waals surface area contributed by atoms with Gasteiger partial charge in [0.05, 0.1) is 4.92 Å². The lowest BCUT2D eigenvalue weighted by atomic mass is 9.98. The van der Waals surface area contributed by atoms with Crippen molar-refractivity contribution < 1.29 is 18.1 Å². The molecular weight excluding hydrogens is 263 g/mol. The molecule has 5 nitrogen and oxygen atoms in total. The second kappa shape index (κ2) is 3.67. The van der Waals surface area contributed by atoms with Gasteiger partial charge < -0.3 is 0 Å². The molecule has 2 unspecified atom stereocenters. The number of halogens is 3. The van der Waals surface area contributed by atoms with E-state index in [1.165, 1.54) is 23.2 Å². The molecule has 2 saturated heterocycles. The maximum absolute atomic E-state index is 13.3. The Hall–Kier alpha value is -1.67. The average Bonchev–Trinajstić information content (AvgIpc) is 3.19. The average molecular weight is 273 g/mol. The summed E-state index contributed by atoms with van der Waals surface area (Å²) in [5.41, 5.74) is -2.48. The summed E-state index contributed by atoms with van der Waals surface area (Å²) >= 11 is 0. The Morgan fingerprint density at radius 3 is 2.53 bits per heavy atom. The second-order valence-electron chi connectivity index (χ2n) is 4.68. The zero-order chi connectivity index (χ0) is 13.8. The third kappa shape index (κ3) is 1.79. The molecule has 2 aliphatic heterocycles. The summed E-state index contributed by atoms with van der Waals surface area (Å²) in [6.45, 7) is 1.04. The van der Waals surface area contributed by atoms with Gasteiger partial charge in [0.1, 0.15) is 0 Å². The van der Waals surface area contributed by atoms with E-state index in [0.29, 0.717) is 13.1 Å². The predicted molar refractivity (Wildman–Crippen MR) is 59.1 cm³/mol. The van der Waals surface area contributed by atoms with Crippen molar-refractivity contribution in [2.24, 2.45) is 0 Å². The highest BCUT2D eigenvalue weighted by Crippen LogP contribution is 2.56. The first-order chi connectivity index (χ1) is 8.86. The van der Waals surface area contributed by atoms with E-state index in [1.54, 1.807) is 5.01 Å². The van der Waals surface area contributed by atoms with Gasteiger partial charge in [-0.3, -0.25) is 10.1 Å². The standard InChI is InChI=1S/C11H10F3N3O2/c12-11(13,14)10(7-16(10)15-4-5-15)8-2-1-3-9(6-8)17(18)19/h1-3,6H,4-5,7H2. The van der Waals surface area contributed by atoms with Crippen LogP contribution in [0.4, 0.5) is 18.9 Å². The largest absolute Gasteiger partial charge is 0.413 e. The normalized spacial score (nSPS) is 30.2. The topological polar surface area (TPSA) is 49.2 Å². The molecule has 1 aromatic rings.